The van der Waals surface area contributed by atoms with Gasteiger partial charge in [0.1, 0.15) is 6.61 Å². The molecule has 0 saturated carbocycles. The molecule has 0 radical (unpaired) electrons. The van der Waals surface area contributed by atoms with Crippen molar-refractivity contribution in [3.8, 4) is 5.88 Å². The van der Waals surface area contributed by atoms with Gasteiger partial charge in [0.25, 0.3) is 0 Å². The Morgan fingerprint density at radius 2 is 2.47 bits per heavy atom. The molecule has 1 unspecified atom stereocenters. The molecular formula is C12H19N3O2. The highest BCUT2D eigenvalue weighted by molar-refractivity contribution is 5.08. The van der Waals surface area contributed by atoms with Gasteiger partial charge < -0.3 is 14.8 Å². The van der Waals surface area contributed by atoms with Gasteiger partial charge in [0.15, 0.2) is 0 Å². The minimum atomic E-state index is 0.217. The largest absolute Gasteiger partial charge is 0.474 e. The summed E-state index contributed by atoms with van der Waals surface area (Å²) in [6.45, 7) is 5.12. The van der Waals surface area contributed by atoms with Crippen LogP contribution in [0.1, 0.15) is 25.5 Å². The summed E-state index contributed by atoms with van der Waals surface area (Å²) in [7, 11) is 0. The fourth-order valence-electron chi connectivity index (χ4n) is 1.75. The molecule has 0 amide bonds. The Hall–Kier alpha value is -1.20. The number of hydrogen-bond acceptors (Lipinski definition) is 5. The Morgan fingerprint density at radius 3 is 3.24 bits per heavy atom. The molecule has 0 spiro atoms. The van der Waals surface area contributed by atoms with E-state index < -0.39 is 0 Å². The van der Waals surface area contributed by atoms with Crippen LogP contribution in [0, 0.1) is 0 Å². The average Bonchev–Trinajstić information content (AvgIpc) is 2.87. The van der Waals surface area contributed by atoms with Gasteiger partial charge in [-0.05, 0) is 19.4 Å². The number of nitrogens with zero attached hydrogens (tertiary/aromatic N) is 2. The van der Waals surface area contributed by atoms with E-state index in [1.165, 1.54) is 0 Å². The van der Waals surface area contributed by atoms with E-state index in [0.717, 1.165) is 38.2 Å². The molecule has 94 valence electrons. The van der Waals surface area contributed by atoms with Crippen LogP contribution in [0.15, 0.2) is 12.4 Å². The van der Waals surface area contributed by atoms with E-state index in [4.69, 9.17) is 9.47 Å². The van der Waals surface area contributed by atoms with Crippen molar-refractivity contribution in [1.29, 1.82) is 0 Å². The molecule has 5 nitrogen and oxygen atoms in total. The predicted octanol–water partition coefficient (Wildman–Crippen LogP) is 1.14. The fourth-order valence-corrected chi connectivity index (χ4v) is 1.75. The second-order valence-electron chi connectivity index (χ2n) is 4.08. The first kappa shape index (κ1) is 12.3. The van der Waals surface area contributed by atoms with Crippen molar-refractivity contribution in [2.45, 2.75) is 32.4 Å². The van der Waals surface area contributed by atoms with Crippen LogP contribution >= 0.6 is 0 Å². The van der Waals surface area contributed by atoms with Crippen molar-refractivity contribution in [3.63, 3.8) is 0 Å². The van der Waals surface area contributed by atoms with Crippen LogP contribution in [-0.4, -0.2) is 35.8 Å². The molecule has 1 N–H and O–H groups in total. The molecule has 2 heterocycles. The molecule has 1 atom stereocenters. The van der Waals surface area contributed by atoms with Crippen LogP contribution in [0.3, 0.4) is 0 Å². The van der Waals surface area contributed by atoms with E-state index in [9.17, 15) is 0 Å². The third kappa shape index (κ3) is 3.94. The van der Waals surface area contributed by atoms with Crippen molar-refractivity contribution in [3.05, 3.63) is 18.1 Å². The van der Waals surface area contributed by atoms with Gasteiger partial charge in [0.05, 0.1) is 18.0 Å². The predicted molar refractivity (Wildman–Crippen MR) is 63.9 cm³/mol. The zero-order valence-electron chi connectivity index (χ0n) is 10.2. The zero-order chi connectivity index (χ0) is 11.9. The minimum Gasteiger partial charge on any atom is -0.474 e. The first-order valence-corrected chi connectivity index (χ1v) is 6.14. The van der Waals surface area contributed by atoms with E-state index in [1.807, 2.05) is 0 Å². The molecule has 1 fully saturated rings. The molecule has 1 saturated heterocycles. The van der Waals surface area contributed by atoms with Crippen molar-refractivity contribution in [1.82, 2.24) is 15.3 Å². The van der Waals surface area contributed by atoms with Crippen molar-refractivity contribution in [2.75, 3.05) is 19.8 Å². The molecule has 5 heteroatoms. The first-order chi connectivity index (χ1) is 8.38. The van der Waals surface area contributed by atoms with Crippen molar-refractivity contribution >= 4 is 0 Å². The van der Waals surface area contributed by atoms with Crippen molar-refractivity contribution < 1.29 is 9.47 Å². The van der Waals surface area contributed by atoms with Crippen LogP contribution in [0.25, 0.3) is 0 Å². The van der Waals surface area contributed by atoms with Gasteiger partial charge >= 0.3 is 0 Å². The van der Waals surface area contributed by atoms with Crippen LogP contribution in [0.2, 0.25) is 0 Å². The molecule has 1 aliphatic rings. The van der Waals surface area contributed by atoms with Crippen molar-refractivity contribution in [2.24, 2.45) is 0 Å². The number of aromatic nitrogens is 2. The summed E-state index contributed by atoms with van der Waals surface area (Å²) in [6.07, 6.45) is 5.81. The third-order valence-electron chi connectivity index (χ3n) is 2.66. The molecule has 17 heavy (non-hydrogen) atoms. The average molecular weight is 237 g/mol. The lowest BCUT2D eigenvalue weighted by molar-refractivity contribution is 0.0661. The molecular weight excluding hydrogens is 218 g/mol. The maximum absolute atomic E-state index is 5.58. The highest BCUT2D eigenvalue weighted by Gasteiger charge is 2.16. The molecule has 0 aromatic carbocycles. The van der Waals surface area contributed by atoms with Crippen LogP contribution in [-0.2, 0) is 11.3 Å². The van der Waals surface area contributed by atoms with E-state index in [2.05, 4.69) is 22.2 Å². The van der Waals surface area contributed by atoms with Gasteiger partial charge in [0.2, 0.25) is 5.88 Å². The zero-order valence-corrected chi connectivity index (χ0v) is 10.2. The molecule has 2 rings (SSSR count). The van der Waals surface area contributed by atoms with E-state index in [1.54, 1.807) is 12.4 Å². The highest BCUT2D eigenvalue weighted by Crippen LogP contribution is 2.13. The minimum absolute atomic E-state index is 0.217. The number of nitrogens with one attached hydrogen (secondary N) is 1. The maximum atomic E-state index is 5.58. The quantitative estimate of drug-likeness (QED) is 0.804. The van der Waals surface area contributed by atoms with Crippen LogP contribution in [0.4, 0.5) is 0 Å². The molecule has 0 aliphatic carbocycles. The second kappa shape index (κ2) is 6.51. The van der Waals surface area contributed by atoms with E-state index in [0.29, 0.717) is 12.5 Å². The summed E-state index contributed by atoms with van der Waals surface area (Å²) in [5.74, 6) is 0.580. The van der Waals surface area contributed by atoms with Crippen LogP contribution < -0.4 is 10.1 Å². The summed E-state index contributed by atoms with van der Waals surface area (Å²) in [6, 6.07) is 0. The molecule has 0 bridgehead atoms. The van der Waals surface area contributed by atoms with Gasteiger partial charge in [-0.2, -0.15) is 0 Å². The summed E-state index contributed by atoms with van der Waals surface area (Å²) in [4.78, 5) is 8.48. The number of ether oxygens (including phenoxy) is 2. The highest BCUT2D eigenvalue weighted by atomic mass is 16.5. The normalized spacial score (nSPS) is 19.5. The lowest BCUT2D eigenvalue weighted by Gasteiger charge is -2.11. The Balaban J connectivity index is 1.82. The van der Waals surface area contributed by atoms with E-state index in [-0.39, 0.29) is 6.10 Å². The summed E-state index contributed by atoms with van der Waals surface area (Å²) in [5, 5.41) is 3.21. The van der Waals surface area contributed by atoms with Crippen LogP contribution in [0.5, 0.6) is 5.88 Å². The Morgan fingerprint density at radius 1 is 1.53 bits per heavy atom. The topological polar surface area (TPSA) is 56.3 Å². The maximum Gasteiger partial charge on any atom is 0.232 e. The third-order valence-corrected chi connectivity index (χ3v) is 2.66. The van der Waals surface area contributed by atoms with Gasteiger partial charge in [-0.3, -0.25) is 4.98 Å². The smallest absolute Gasteiger partial charge is 0.232 e. The van der Waals surface area contributed by atoms with Gasteiger partial charge in [-0.25, -0.2) is 4.98 Å². The fraction of sp³-hybridized carbons (Fsp3) is 0.667. The second-order valence-corrected chi connectivity index (χ2v) is 4.08. The Labute approximate surface area is 102 Å². The molecule has 1 aromatic rings. The lowest BCUT2D eigenvalue weighted by atomic mass is 10.2. The van der Waals surface area contributed by atoms with Gasteiger partial charge in [-0.1, -0.05) is 6.92 Å². The monoisotopic (exact) mass is 237 g/mol. The lowest BCUT2D eigenvalue weighted by Crippen LogP contribution is -2.18. The molecule has 1 aliphatic heterocycles. The number of rotatable bonds is 6. The van der Waals surface area contributed by atoms with E-state index >= 15 is 0 Å². The Kier molecular flexibility index (Phi) is 4.70. The SMILES string of the molecule is CCNCc1cncc(OCC2CCCO2)n1. The van der Waals surface area contributed by atoms with Gasteiger partial charge in [-0.15, -0.1) is 0 Å². The Bertz CT molecular complexity index is 340. The first-order valence-electron chi connectivity index (χ1n) is 6.14. The summed E-state index contributed by atoms with van der Waals surface area (Å²) >= 11 is 0. The molecule has 1 aromatic heterocycles. The van der Waals surface area contributed by atoms with Gasteiger partial charge in [0, 0.05) is 19.3 Å². The summed E-state index contributed by atoms with van der Waals surface area (Å²) < 4.78 is 11.1. The standard InChI is InChI=1S/C12H19N3O2/c1-2-13-6-10-7-14-8-12(15-10)17-9-11-4-3-5-16-11/h7-8,11,13H,2-6,9H2,1H3. The summed E-state index contributed by atoms with van der Waals surface area (Å²) in [5.41, 5.74) is 0.900. The number of hydrogen-bond donors (Lipinski definition) is 1.